The molecule has 2 aromatic carbocycles. The molecule has 0 fully saturated rings. The molecule has 0 N–H and O–H groups in total. The summed E-state index contributed by atoms with van der Waals surface area (Å²) in [7, 11) is -1.55. The normalized spacial score (nSPS) is 12.3. The van der Waals surface area contributed by atoms with Gasteiger partial charge in [0.05, 0.1) is 6.61 Å². The van der Waals surface area contributed by atoms with E-state index in [1.54, 1.807) is 0 Å². The molecule has 0 heterocycles. The fourth-order valence-electron chi connectivity index (χ4n) is 2.73. The monoisotopic (exact) mass is 388 g/mol. The standard InChI is InChI=1S/C23H33O3P/c1-8-17-24-27(25-20-15-11-9-13-18(20)22(2,3)4)26-21-16-12-10-14-19(21)23(5,6)7/h9-16H,8,17H2,1-7H3. The SMILES string of the molecule is CCCOP(Oc1ccccc1C(C)(C)C)Oc1ccccc1C(C)(C)C. The Morgan fingerprint density at radius 3 is 1.48 bits per heavy atom. The van der Waals surface area contributed by atoms with Crippen molar-refractivity contribution in [1.29, 1.82) is 0 Å². The minimum atomic E-state index is -1.55. The maximum atomic E-state index is 6.27. The summed E-state index contributed by atoms with van der Waals surface area (Å²) in [5.41, 5.74) is 2.24. The summed E-state index contributed by atoms with van der Waals surface area (Å²) in [4.78, 5) is 0. The second kappa shape index (κ2) is 9.08. The Bertz CT molecular complexity index is 669. The summed E-state index contributed by atoms with van der Waals surface area (Å²) < 4.78 is 18.5. The molecule has 0 spiro atoms. The Hall–Kier alpha value is -1.57. The molecule has 0 amide bonds. The molecule has 0 aliphatic heterocycles. The van der Waals surface area contributed by atoms with Gasteiger partial charge in [0.2, 0.25) is 0 Å². The lowest BCUT2D eigenvalue weighted by Gasteiger charge is -2.27. The molecule has 0 aliphatic carbocycles. The highest BCUT2D eigenvalue weighted by Gasteiger charge is 2.26. The van der Waals surface area contributed by atoms with Crippen molar-refractivity contribution in [2.24, 2.45) is 0 Å². The molecule has 27 heavy (non-hydrogen) atoms. The summed E-state index contributed by atoms with van der Waals surface area (Å²) in [5.74, 6) is 1.64. The van der Waals surface area contributed by atoms with Gasteiger partial charge in [-0.05, 0) is 29.4 Å². The van der Waals surface area contributed by atoms with E-state index in [1.807, 2.05) is 36.4 Å². The average Bonchev–Trinajstić information content (AvgIpc) is 2.59. The third kappa shape index (κ3) is 6.23. The van der Waals surface area contributed by atoms with Crippen LogP contribution in [0.15, 0.2) is 48.5 Å². The second-order valence-corrected chi connectivity index (χ2v) is 9.80. The van der Waals surface area contributed by atoms with E-state index < -0.39 is 8.60 Å². The third-order valence-electron chi connectivity index (χ3n) is 4.14. The van der Waals surface area contributed by atoms with Gasteiger partial charge in [0.25, 0.3) is 0 Å². The van der Waals surface area contributed by atoms with Crippen molar-refractivity contribution in [3.05, 3.63) is 59.7 Å². The van der Waals surface area contributed by atoms with Gasteiger partial charge in [-0.2, -0.15) is 0 Å². The maximum absolute atomic E-state index is 6.27. The van der Waals surface area contributed by atoms with E-state index in [1.165, 1.54) is 0 Å². The number of benzene rings is 2. The zero-order valence-corrected chi connectivity index (χ0v) is 18.6. The lowest BCUT2D eigenvalue weighted by Crippen LogP contribution is -2.15. The number of rotatable bonds is 7. The van der Waals surface area contributed by atoms with Crippen LogP contribution < -0.4 is 9.05 Å². The van der Waals surface area contributed by atoms with Gasteiger partial charge in [-0.1, -0.05) is 84.9 Å². The highest BCUT2D eigenvalue weighted by atomic mass is 31.2. The molecule has 0 radical (unpaired) electrons. The Morgan fingerprint density at radius 2 is 1.11 bits per heavy atom. The van der Waals surface area contributed by atoms with Crippen LogP contribution in [0.25, 0.3) is 0 Å². The quantitative estimate of drug-likeness (QED) is 0.463. The molecule has 148 valence electrons. The van der Waals surface area contributed by atoms with Gasteiger partial charge in [-0.15, -0.1) is 0 Å². The maximum Gasteiger partial charge on any atom is 0.463 e. The zero-order valence-electron chi connectivity index (χ0n) is 17.7. The van der Waals surface area contributed by atoms with Gasteiger partial charge in [0.15, 0.2) is 0 Å². The molecule has 0 aromatic heterocycles. The fourth-order valence-corrected chi connectivity index (χ4v) is 3.84. The molecular weight excluding hydrogens is 355 g/mol. The predicted octanol–water partition coefficient (Wildman–Crippen LogP) is 7.39. The molecule has 2 rings (SSSR count). The third-order valence-corrected chi connectivity index (χ3v) is 5.22. The van der Waals surface area contributed by atoms with Gasteiger partial charge < -0.3 is 9.05 Å². The van der Waals surface area contributed by atoms with Gasteiger partial charge in [-0.3, -0.25) is 4.52 Å². The van der Waals surface area contributed by atoms with E-state index in [0.717, 1.165) is 29.0 Å². The van der Waals surface area contributed by atoms with Crippen LogP contribution >= 0.6 is 8.60 Å². The predicted molar refractivity (Wildman–Crippen MR) is 115 cm³/mol. The van der Waals surface area contributed by atoms with Crippen molar-refractivity contribution in [3.63, 3.8) is 0 Å². The summed E-state index contributed by atoms with van der Waals surface area (Å²) in [6.07, 6.45) is 0.910. The molecule has 0 atom stereocenters. The zero-order chi connectivity index (χ0) is 20.1. The van der Waals surface area contributed by atoms with Crippen LogP contribution in [-0.2, 0) is 15.4 Å². The summed E-state index contributed by atoms with van der Waals surface area (Å²) in [5, 5.41) is 0. The highest BCUT2D eigenvalue weighted by Crippen LogP contribution is 2.46. The Morgan fingerprint density at radius 1 is 0.704 bits per heavy atom. The average molecular weight is 388 g/mol. The van der Waals surface area contributed by atoms with Crippen LogP contribution in [0.3, 0.4) is 0 Å². The number of hydrogen-bond acceptors (Lipinski definition) is 3. The lowest BCUT2D eigenvalue weighted by atomic mass is 9.86. The first-order valence-corrected chi connectivity index (χ1v) is 10.7. The highest BCUT2D eigenvalue weighted by molar-refractivity contribution is 7.42. The van der Waals surface area contributed by atoms with Crippen LogP contribution in [0.5, 0.6) is 11.5 Å². The molecule has 4 heteroatoms. The number of hydrogen-bond donors (Lipinski definition) is 0. The Kier molecular flexibility index (Phi) is 7.31. The number of para-hydroxylation sites is 2. The van der Waals surface area contributed by atoms with E-state index in [4.69, 9.17) is 13.6 Å². The fraction of sp³-hybridized carbons (Fsp3) is 0.478. The van der Waals surface area contributed by atoms with Crippen LogP contribution in [-0.4, -0.2) is 6.61 Å². The molecular formula is C23H33O3P. The van der Waals surface area contributed by atoms with Crippen LogP contribution in [0.4, 0.5) is 0 Å². The lowest BCUT2D eigenvalue weighted by molar-refractivity contribution is 0.263. The summed E-state index contributed by atoms with van der Waals surface area (Å²) in [6.45, 7) is 15.8. The largest absolute Gasteiger partial charge is 0.463 e. The summed E-state index contributed by atoms with van der Waals surface area (Å²) >= 11 is 0. The van der Waals surface area contributed by atoms with Crippen molar-refractivity contribution in [3.8, 4) is 11.5 Å². The minimum Gasteiger partial charge on any atom is -0.417 e. The van der Waals surface area contributed by atoms with E-state index in [9.17, 15) is 0 Å². The first-order chi connectivity index (χ1) is 12.6. The van der Waals surface area contributed by atoms with Crippen molar-refractivity contribution in [2.75, 3.05) is 6.61 Å². The van der Waals surface area contributed by atoms with Crippen molar-refractivity contribution in [1.82, 2.24) is 0 Å². The van der Waals surface area contributed by atoms with Crippen molar-refractivity contribution in [2.45, 2.75) is 65.7 Å². The van der Waals surface area contributed by atoms with Gasteiger partial charge in [0, 0.05) is 11.1 Å². The molecule has 0 bridgehead atoms. The molecule has 0 saturated heterocycles. The summed E-state index contributed by atoms with van der Waals surface area (Å²) in [6, 6.07) is 16.2. The van der Waals surface area contributed by atoms with Crippen molar-refractivity contribution < 1.29 is 13.6 Å². The van der Waals surface area contributed by atoms with Crippen LogP contribution in [0, 0.1) is 0 Å². The first-order valence-electron chi connectivity index (χ1n) is 9.61. The molecule has 0 aliphatic rings. The molecule has 3 nitrogen and oxygen atoms in total. The minimum absolute atomic E-state index is 0.0222. The van der Waals surface area contributed by atoms with E-state index >= 15 is 0 Å². The van der Waals surface area contributed by atoms with E-state index in [2.05, 4.69) is 60.6 Å². The smallest absolute Gasteiger partial charge is 0.417 e. The van der Waals surface area contributed by atoms with Gasteiger partial charge >= 0.3 is 8.60 Å². The Labute approximate surface area is 166 Å². The molecule has 0 saturated carbocycles. The topological polar surface area (TPSA) is 27.7 Å². The Balaban J connectivity index is 2.31. The first kappa shape index (κ1) is 21.7. The van der Waals surface area contributed by atoms with Crippen LogP contribution in [0.1, 0.15) is 66.0 Å². The molecule has 2 aromatic rings. The van der Waals surface area contributed by atoms with Crippen molar-refractivity contribution >= 4 is 8.60 Å². The second-order valence-electron chi connectivity index (χ2n) is 8.73. The van der Waals surface area contributed by atoms with Gasteiger partial charge in [-0.25, -0.2) is 0 Å². The van der Waals surface area contributed by atoms with Gasteiger partial charge in [0.1, 0.15) is 11.5 Å². The van der Waals surface area contributed by atoms with E-state index in [0.29, 0.717) is 6.61 Å². The van der Waals surface area contributed by atoms with Crippen LogP contribution in [0.2, 0.25) is 0 Å². The molecule has 0 unspecified atom stereocenters. The van der Waals surface area contributed by atoms with E-state index in [-0.39, 0.29) is 10.8 Å².